The van der Waals surface area contributed by atoms with Gasteiger partial charge in [0.2, 0.25) is 11.8 Å². The van der Waals surface area contributed by atoms with Gasteiger partial charge in [-0.3, -0.25) is 19.1 Å². The summed E-state index contributed by atoms with van der Waals surface area (Å²) in [6, 6.07) is 10.6. The number of aromatic nitrogens is 3. The van der Waals surface area contributed by atoms with Crippen molar-refractivity contribution in [3.63, 3.8) is 0 Å². The molecule has 0 saturated carbocycles. The van der Waals surface area contributed by atoms with E-state index >= 15 is 0 Å². The quantitative estimate of drug-likeness (QED) is 0.404. The number of nitrogens with zero attached hydrogens (tertiary/aromatic N) is 2. The van der Waals surface area contributed by atoms with Crippen molar-refractivity contribution in [3.05, 3.63) is 68.3 Å². The lowest BCUT2D eigenvalue weighted by Crippen LogP contribution is -2.15. The molecule has 2 amide bonds. The second-order valence-electron chi connectivity index (χ2n) is 6.20. The summed E-state index contributed by atoms with van der Waals surface area (Å²) in [5.41, 5.74) is 1.70. The van der Waals surface area contributed by atoms with Crippen LogP contribution in [0, 0.1) is 0 Å². The number of thiazole rings is 1. The minimum Gasteiger partial charge on any atom is -0.326 e. The zero-order valence-corrected chi connectivity index (χ0v) is 17.0. The van der Waals surface area contributed by atoms with Gasteiger partial charge in [0, 0.05) is 21.5 Å². The predicted molar refractivity (Wildman–Crippen MR) is 114 cm³/mol. The fourth-order valence-corrected chi connectivity index (χ4v) is 4.08. The summed E-state index contributed by atoms with van der Waals surface area (Å²) >= 11 is 2.79. The van der Waals surface area contributed by atoms with Crippen LogP contribution in [0.5, 0.6) is 0 Å². The van der Waals surface area contributed by atoms with Crippen molar-refractivity contribution in [1.82, 2.24) is 15.1 Å². The van der Waals surface area contributed by atoms with Crippen molar-refractivity contribution in [1.29, 1.82) is 0 Å². The highest BCUT2D eigenvalue weighted by atomic mass is 32.1. The van der Waals surface area contributed by atoms with Crippen LogP contribution in [0.1, 0.15) is 10.6 Å². The van der Waals surface area contributed by atoms with E-state index in [4.69, 9.17) is 0 Å². The van der Waals surface area contributed by atoms with E-state index in [0.29, 0.717) is 28.5 Å². The number of thiophene rings is 1. The zero-order chi connectivity index (χ0) is 20.9. The van der Waals surface area contributed by atoms with Gasteiger partial charge >= 0.3 is 5.76 Å². The predicted octanol–water partition coefficient (Wildman–Crippen LogP) is 2.91. The number of carbonyl (C=O) groups is 2. The third kappa shape index (κ3) is 5.07. The van der Waals surface area contributed by atoms with Crippen molar-refractivity contribution in [2.75, 3.05) is 10.6 Å². The Morgan fingerprint density at radius 3 is 2.70 bits per heavy atom. The van der Waals surface area contributed by atoms with Gasteiger partial charge in [0.05, 0.1) is 18.5 Å². The summed E-state index contributed by atoms with van der Waals surface area (Å²) in [5, 5.41) is 13.3. The number of H-pyrrole nitrogens is 1. The smallest absolute Gasteiger partial charge is 0.326 e. The van der Waals surface area contributed by atoms with E-state index in [9.17, 15) is 14.4 Å². The first-order valence-electron chi connectivity index (χ1n) is 8.78. The molecule has 0 atom stereocenters. The summed E-state index contributed by atoms with van der Waals surface area (Å²) in [6.45, 7) is 0. The third-order valence-electron chi connectivity index (χ3n) is 3.91. The lowest BCUT2D eigenvalue weighted by Gasteiger charge is -2.05. The molecule has 0 unspecified atom stereocenters. The number of anilines is 2. The van der Waals surface area contributed by atoms with Gasteiger partial charge in [-0.15, -0.1) is 22.7 Å². The summed E-state index contributed by atoms with van der Waals surface area (Å²) in [4.78, 5) is 43.2. The SMILES string of the molecule is O=C(Cc1csc(NC(=O)Cc2cccs2)n1)Nc1cccc(-c2noc(=O)[nH]2)c1. The molecule has 11 heteroatoms. The Morgan fingerprint density at radius 1 is 1.07 bits per heavy atom. The van der Waals surface area contributed by atoms with Gasteiger partial charge in [-0.2, -0.15) is 0 Å². The van der Waals surface area contributed by atoms with E-state index in [2.05, 4.69) is 30.3 Å². The van der Waals surface area contributed by atoms with Crippen LogP contribution in [0.2, 0.25) is 0 Å². The Bertz CT molecular complexity index is 1230. The fraction of sp³-hybridized carbons (Fsp3) is 0.105. The molecule has 0 aliphatic carbocycles. The third-order valence-corrected chi connectivity index (χ3v) is 5.60. The van der Waals surface area contributed by atoms with Gasteiger partial charge in [-0.1, -0.05) is 23.4 Å². The molecule has 0 aliphatic heterocycles. The fourth-order valence-electron chi connectivity index (χ4n) is 2.65. The lowest BCUT2D eigenvalue weighted by molar-refractivity contribution is -0.116. The van der Waals surface area contributed by atoms with Gasteiger partial charge in [0.25, 0.3) is 0 Å². The van der Waals surface area contributed by atoms with E-state index < -0.39 is 5.76 Å². The van der Waals surface area contributed by atoms with Crippen LogP contribution < -0.4 is 16.4 Å². The minimum absolute atomic E-state index is 0.0579. The normalized spacial score (nSPS) is 10.7. The van der Waals surface area contributed by atoms with E-state index in [-0.39, 0.29) is 24.1 Å². The maximum absolute atomic E-state index is 12.4. The molecular formula is C19H15N5O4S2. The van der Waals surface area contributed by atoms with Gasteiger partial charge in [0.15, 0.2) is 11.0 Å². The van der Waals surface area contributed by atoms with Crippen molar-refractivity contribution in [2.24, 2.45) is 0 Å². The summed E-state index contributed by atoms with van der Waals surface area (Å²) in [5.74, 6) is -0.784. The highest BCUT2D eigenvalue weighted by Crippen LogP contribution is 2.20. The molecule has 1 aromatic carbocycles. The largest absolute Gasteiger partial charge is 0.439 e. The lowest BCUT2D eigenvalue weighted by atomic mass is 10.2. The second kappa shape index (κ2) is 8.84. The van der Waals surface area contributed by atoms with E-state index in [1.165, 1.54) is 22.7 Å². The molecule has 4 aromatic rings. The Morgan fingerprint density at radius 2 is 1.93 bits per heavy atom. The molecule has 4 rings (SSSR count). The number of rotatable bonds is 7. The van der Waals surface area contributed by atoms with Gasteiger partial charge < -0.3 is 10.6 Å². The molecule has 0 spiro atoms. The zero-order valence-electron chi connectivity index (χ0n) is 15.4. The Hall–Kier alpha value is -3.57. The first-order chi connectivity index (χ1) is 14.5. The molecule has 0 bridgehead atoms. The Kier molecular flexibility index (Phi) is 5.82. The average Bonchev–Trinajstić information content (AvgIpc) is 3.45. The van der Waals surface area contributed by atoms with Crippen LogP contribution in [0.25, 0.3) is 11.4 Å². The van der Waals surface area contributed by atoms with Crippen LogP contribution >= 0.6 is 22.7 Å². The van der Waals surface area contributed by atoms with Gasteiger partial charge in [0.1, 0.15) is 0 Å². The first-order valence-corrected chi connectivity index (χ1v) is 10.5. The topological polar surface area (TPSA) is 130 Å². The molecule has 3 N–H and O–H groups in total. The minimum atomic E-state index is -0.652. The molecule has 0 fully saturated rings. The molecule has 3 heterocycles. The van der Waals surface area contributed by atoms with Crippen molar-refractivity contribution >= 4 is 45.3 Å². The molecular weight excluding hydrogens is 426 g/mol. The number of nitrogens with one attached hydrogen (secondary N) is 3. The number of aromatic amines is 1. The molecule has 0 radical (unpaired) electrons. The molecule has 0 saturated heterocycles. The maximum atomic E-state index is 12.4. The summed E-state index contributed by atoms with van der Waals surface area (Å²) < 4.78 is 4.49. The van der Waals surface area contributed by atoms with Crippen LogP contribution in [-0.4, -0.2) is 26.9 Å². The van der Waals surface area contributed by atoms with E-state index in [1.54, 1.807) is 29.6 Å². The van der Waals surface area contributed by atoms with E-state index in [1.807, 2.05) is 17.5 Å². The number of benzene rings is 1. The molecule has 0 aliphatic rings. The number of carbonyl (C=O) groups excluding carboxylic acids is 2. The molecule has 9 nitrogen and oxygen atoms in total. The highest BCUT2D eigenvalue weighted by molar-refractivity contribution is 7.14. The van der Waals surface area contributed by atoms with Gasteiger partial charge in [-0.25, -0.2) is 9.78 Å². The second-order valence-corrected chi connectivity index (χ2v) is 8.09. The van der Waals surface area contributed by atoms with E-state index in [0.717, 1.165) is 4.88 Å². The standard InChI is InChI=1S/C19H15N5O4S2/c25-15(20-12-4-1-3-11(7-12)17-23-19(27)28-24-17)8-13-10-30-18(21-13)22-16(26)9-14-5-2-6-29-14/h1-7,10H,8-9H2,(H,20,25)(H,21,22,26)(H,23,24,27). The molecule has 30 heavy (non-hydrogen) atoms. The van der Waals surface area contributed by atoms with Crippen LogP contribution in [-0.2, 0) is 22.4 Å². The Labute approximate surface area is 177 Å². The number of hydrogen-bond acceptors (Lipinski definition) is 8. The van der Waals surface area contributed by atoms with Crippen molar-refractivity contribution < 1.29 is 14.1 Å². The monoisotopic (exact) mass is 441 g/mol. The van der Waals surface area contributed by atoms with Crippen LogP contribution in [0.15, 0.2) is 56.5 Å². The van der Waals surface area contributed by atoms with Crippen molar-refractivity contribution in [3.8, 4) is 11.4 Å². The van der Waals surface area contributed by atoms with Gasteiger partial charge in [-0.05, 0) is 23.6 Å². The number of amides is 2. The first kappa shape index (κ1) is 19.7. The van der Waals surface area contributed by atoms with Crippen LogP contribution in [0.3, 0.4) is 0 Å². The molecule has 152 valence electrons. The summed E-state index contributed by atoms with van der Waals surface area (Å²) in [6.07, 6.45) is 0.350. The summed E-state index contributed by atoms with van der Waals surface area (Å²) in [7, 11) is 0. The Balaban J connectivity index is 1.33. The maximum Gasteiger partial charge on any atom is 0.439 e. The number of hydrogen-bond donors (Lipinski definition) is 3. The highest BCUT2D eigenvalue weighted by Gasteiger charge is 2.12. The molecule has 3 aromatic heterocycles. The van der Waals surface area contributed by atoms with Crippen molar-refractivity contribution in [2.45, 2.75) is 12.8 Å². The van der Waals surface area contributed by atoms with Crippen LogP contribution in [0.4, 0.5) is 10.8 Å². The average molecular weight is 441 g/mol.